The first-order valence-corrected chi connectivity index (χ1v) is 3.62. The van der Waals surface area contributed by atoms with E-state index in [0.29, 0.717) is 12.8 Å². The zero-order valence-corrected chi connectivity index (χ0v) is 6.28. The van der Waals surface area contributed by atoms with Crippen LogP contribution in [0.25, 0.3) is 0 Å². The van der Waals surface area contributed by atoms with Gasteiger partial charge in [-0.2, -0.15) is 0 Å². The van der Waals surface area contributed by atoms with Gasteiger partial charge in [-0.15, -0.1) is 6.58 Å². The van der Waals surface area contributed by atoms with Crippen LogP contribution in [0.1, 0.15) is 12.8 Å². The van der Waals surface area contributed by atoms with Crippen LogP contribution in [-0.4, -0.2) is 11.1 Å². The van der Waals surface area contributed by atoms with E-state index in [2.05, 4.69) is 22.5 Å². The number of alkyl halides is 1. The Kier molecular flexibility index (Phi) is 4.97. The van der Waals surface area contributed by atoms with Crippen molar-refractivity contribution in [2.75, 3.05) is 5.33 Å². The highest BCUT2D eigenvalue weighted by Crippen LogP contribution is 1.93. The Morgan fingerprint density at radius 2 is 2.38 bits per heavy atom. The predicted octanol–water partition coefficient (Wildman–Crippen LogP) is 1.92. The fraction of sp³-hybridized carbons (Fsp3) is 0.500. The molecule has 0 unspecified atom stereocenters. The number of carbonyl (C=O) groups is 1. The van der Waals surface area contributed by atoms with Crippen LogP contribution in [-0.2, 0) is 4.79 Å². The second-order valence-corrected chi connectivity index (χ2v) is 2.26. The molecule has 0 saturated carbocycles. The van der Waals surface area contributed by atoms with Crippen LogP contribution in [0.15, 0.2) is 12.7 Å². The van der Waals surface area contributed by atoms with Crippen LogP contribution in [0.4, 0.5) is 0 Å². The van der Waals surface area contributed by atoms with Gasteiger partial charge in [0, 0.05) is 18.2 Å². The van der Waals surface area contributed by atoms with E-state index < -0.39 is 0 Å². The van der Waals surface area contributed by atoms with Gasteiger partial charge in [-0.05, 0) is 0 Å². The first-order valence-electron chi connectivity index (χ1n) is 2.49. The molecule has 2 heteroatoms. The lowest BCUT2D eigenvalue weighted by Gasteiger charge is -1.87. The predicted molar refractivity (Wildman–Crippen MR) is 38.2 cm³/mol. The maximum absolute atomic E-state index is 10.5. The third kappa shape index (κ3) is 4.06. The molecule has 0 aromatic heterocycles. The standard InChI is InChI=1S/C6H9BrO/c1-2-3-6(8)4-5-7/h2H,1,3-5H2. The second-order valence-electron chi connectivity index (χ2n) is 1.47. The van der Waals surface area contributed by atoms with E-state index in [0.717, 1.165) is 5.33 Å². The number of hydrogen-bond donors (Lipinski definition) is 0. The van der Waals surface area contributed by atoms with Crippen LogP contribution < -0.4 is 0 Å². The highest BCUT2D eigenvalue weighted by atomic mass is 79.9. The minimum atomic E-state index is 0.247. The summed E-state index contributed by atoms with van der Waals surface area (Å²) in [6.07, 6.45) is 2.75. The quantitative estimate of drug-likeness (QED) is 0.473. The van der Waals surface area contributed by atoms with Crippen molar-refractivity contribution < 1.29 is 4.79 Å². The van der Waals surface area contributed by atoms with Crippen molar-refractivity contribution in [1.29, 1.82) is 0 Å². The van der Waals surface area contributed by atoms with Gasteiger partial charge in [-0.25, -0.2) is 0 Å². The molecule has 0 bridgehead atoms. The molecule has 8 heavy (non-hydrogen) atoms. The van der Waals surface area contributed by atoms with E-state index >= 15 is 0 Å². The zero-order valence-electron chi connectivity index (χ0n) is 4.69. The number of hydrogen-bond acceptors (Lipinski definition) is 1. The third-order valence-electron chi connectivity index (χ3n) is 0.745. The maximum atomic E-state index is 10.5. The molecule has 0 N–H and O–H groups in total. The van der Waals surface area contributed by atoms with Crippen molar-refractivity contribution in [2.24, 2.45) is 0 Å². The van der Waals surface area contributed by atoms with Gasteiger partial charge < -0.3 is 0 Å². The van der Waals surface area contributed by atoms with Gasteiger partial charge in [0.25, 0.3) is 0 Å². The Morgan fingerprint density at radius 3 is 2.75 bits per heavy atom. The van der Waals surface area contributed by atoms with Crippen molar-refractivity contribution >= 4 is 21.7 Å². The van der Waals surface area contributed by atoms with Crippen molar-refractivity contribution in [3.05, 3.63) is 12.7 Å². The van der Waals surface area contributed by atoms with E-state index in [4.69, 9.17) is 0 Å². The van der Waals surface area contributed by atoms with Crippen molar-refractivity contribution in [2.45, 2.75) is 12.8 Å². The molecule has 0 spiro atoms. The van der Waals surface area contributed by atoms with Gasteiger partial charge >= 0.3 is 0 Å². The topological polar surface area (TPSA) is 17.1 Å². The van der Waals surface area contributed by atoms with Crippen molar-refractivity contribution in [1.82, 2.24) is 0 Å². The lowest BCUT2D eigenvalue weighted by atomic mass is 10.2. The highest BCUT2D eigenvalue weighted by molar-refractivity contribution is 9.09. The van der Waals surface area contributed by atoms with Gasteiger partial charge in [-0.1, -0.05) is 22.0 Å². The molecule has 0 fully saturated rings. The van der Waals surface area contributed by atoms with Gasteiger partial charge in [0.1, 0.15) is 5.78 Å². The summed E-state index contributed by atoms with van der Waals surface area (Å²) in [7, 11) is 0. The summed E-state index contributed by atoms with van der Waals surface area (Å²) in [4.78, 5) is 10.5. The highest BCUT2D eigenvalue weighted by Gasteiger charge is 1.93. The Bertz CT molecular complexity index is 88.5. The summed E-state index contributed by atoms with van der Waals surface area (Å²) in [6.45, 7) is 3.45. The lowest BCUT2D eigenvalue weighted by Crippen LogP contribution is -1.94. The molecule has 0 radical (unpaired) electrons. The molecule has 0 aromatic rings. The van der Waals surface area contributed by atoms with Crippen LogP contribution in [0.5, 0.6) is 0 Å². The molecular formula is C6H9BrO. The second kappa shape index (κ2) is 5.04. The molecule has 0 amide bonds. The van der Waals surface area contributed by atoms with E-state index in [1.807, 2.05) is 0 Å². The number of rotatable bonds is 4. The fourth-order valence-electron chi connectivity index (χ4n) is 0.368. The third-order valence-corrected chi connectivity index (χ3v) is 1.14. The molecule has 0 saturated heterocycles. The molecule has 0 aliphatic carbocycles. The summed E-state index contributed by atoms with van der Waals surface area (Å²) in [5.41, 5.74) is 0. The van der Waals surface area contributed by atoms with E-state index in [-0.39, 0.29) is 5.78 Å². The molecule has 46 valence electrons. The molecule has 0 atom stereocenters. The number of carbonyl (C=O) groups excluding carboxylic acids is 1. The number of Topliss-reactive ketones (excluding diaryl/α,β-unsaturated/α-hetero) is 1. The summed E-state index contributed by atoms with van der Waals surface area (Å²) < 4.78 is 0. The average molecular weight is 177 g/mol. The van der Waals surface area contributed by atoms with Crippen molar-refractivity contribution in [3.8, 4) is 0 Å². The molecule has 0 rings (SSSR count). The Balaban J connectivity index is 3.18. The first-order chi connectivity index (χ1) is 3.81. The first kappa shape index (κ1) is 7.89. The SMILES string of the molecule is C=CCC(=O)CCBr. The average Bonchev–Trinajstić information content (AvgIpc) is 1.68. The molecule has 1 nitrogen and oxygen atoms in total. The van der Waals surface area contributed by atoms with Gasteiger partial charge in [0.15, 0.2) is 0 Å². The van der Waals surface area contributed by atoms with Gasteiger partial charge in [0.2, 0.25) is 0 Å². The van der Waals surface area contributed by atoms with E-state index in [9.17, 15) is 4.79 Å². The maximum Gasteiger partial charge on any atom is 0.137 e. The lowest BCUT2D eigenvalue weighted by molar-refractivity contribution is -0.117. The summed E-state index contributed by atoms with van der Waals surface area (Å²) in [5, 5.41) is 0.764. The normalized spacial score (nSPS) is 8.62. The minimum Gasteiger partial charge on any atom is -0.299 e. The summed E-state index contributed by atoms with van der Waals surface area (Å²) >= 11 is 3.16. The largest absolute Gasteiger partial charge is 0.299 e. The smallest absolute Gasteiger partial charge is 0.137 e. The van der Waals surface area contributed by atoms with Crippen LogP contribution in [0.3, 0.4) is 0 Å². The zero-order chi connectivity index (χ0) is 6.41. The van der Waals surface area contributed by atoms with Gasteiger partial charge in [-0.3, -0.25) is 4.79 Å². The van der Waals surface area contributed by atoms with Crippen molar-refractivity contribution in [3.63, 3.8) is 0 Å². The molecule has 0 aromatic carbocycles. The van der Waals surface area contributed by atoms with Crippen LogP contribution in [0.2, 0.25) is 0 Å². The molecular weight excluding hydrogens is 168 g/mol. The minimum absolute atomic E-state index is 0.247. The number of ketones is 1. The summed E-state index contributed by atoms with van der Waals surface area (Å²) in [5.74, 6) is 0.247. The van der Waals surface area contributed by atoms with E-state index in [1.54, 1.807) is 6.08 Å². The molecule has 0 aliphatic heterocycles. The van der Waals surface area contributed by atoms with E-state index in [1.165, 1.54) is 0 Å². The van der Waals surface area contributed by atoms with Gasteiger partial charge in [0.05, 0.1) is 0 Å². The Hall–Kier alpha value is -0.110. The number of allylic oxidation sites excluding steroid dienone is 1. The molecule has 0 aliphatic rings. The Labute approximate surface area is 57.9 Å². The van der Waals surface area contributed by atoms with Crippen LogP contribution >= 0.6 is 15.9 Å². The number of halogens is 1. The fourth-order valence-corrected chi connectivity index (χ4v) is 0.811. The van der Waals surface area contributed by atoms with Crippen LogP contribution in [0, 0.1) is 0 Å². The Morgan fingerprint density at radius 1 is 1.75 bits per heavy atom. The molecule has 0 heterocycles. The summed E-state index contributed by atoms with van der Waals surface area (Å²) in [6, 6.07) is 0. The monoisotopic (exact) mass is 176 g/mol.